The Bertz CT molecular complexity index is 647. The van der Waals surface area contributed by atoms with Crippen molar-refractivity contribution in [1.82, 2.24) is 19.7 Å². The standard InChI is InChI=1S/C12H10BrN5S/c13-9-3-11(19-6-9)5-15-10-1-2-12(16-4-10)18-8-14-7-17-18/h1-4,6-8,15H,5H2. The molecule has 0 aliphatic rings. The first kappa shape index (κ1) is 12.3. The number of aromatic nitrogens is 4. The van der Waals surface area contributed by atoms with E-state index >= 15 is 0 Å². The van der Waals surface area contributed by atoms with Gasteiger partial charge in [0.2, 0.25) is 0 Å². The average molecular weight is 336 g/mol. The maximum atomic E-state index is 4.33. The first-order valence-corrected chi connectivity index (χ1v) is 7.26. The van der Waals surface area contributed by atoms with Gasteiger partial charge < -0.3 is 5.32 Å². The zero-order valence-corrected chi connectivity index (χ0v) is 12.2. The van der Waals surface area contributed by atoms with Crippen LogP contribution in [0.15, 0.2) is 46.9 Å². The minimum atomic E-state index is 0.752. The highest BCUT2D eigenvalue weighted by Gasteiger charge is 2.00. The number of nitrogens with one attached hydrogen (secondary N) is 1. The number of rotatable bonds is 4. The lowest BCUT2D eigenvalue weighted by atomic mass is 10.4. The van der Waals surface area contributed by atoms with Gasteiger partial charge in [-0.15, -0.1) is 11.3 Å². The molecule has 0 atom stereocenters. The third-order valence-electron chi connectivity index (χ3n) is 2.49. The molecule has 0 radical (unpaired) electrons. The van der Waals surface area contributed by atoms with Crippen LogP contribution in [0.2, 0.25) is 0 Å². The van der Waals surface area contributed by atoms with Crippen molar-refractivity contribution < 1.29 is 0 Å². The average Bonchev–Trinajstić information content (AvgIpc) is 3.08. The summed E-state index contributed by atoms with van der Waals surface area (Å²) in [5, 5.41) is 9.43. The smallest absolute Gasteiger partial charge is 0.155 e. The topological polar surface area (TPSA) is 55.6 Å². The Kier molecular flexibility index (Phi) is 3.56. The van der Waals surface area contributed by atoms with E-state index in [0.29, 0.717) is 0 Å². The Morgan fingerprint density at radius 1 is 1.37 bits per heavy atom. The van der Waals surface area contributed by atoms with Crippen LogP contribution in [0, 0.1) is 0 Å². The van der Waals surface area contributed by atoms with E-state index in [1.54, 1.807) is 28.5 Å². The lowest BCUT2D eigenvalue weighted by Gasteiger charge is -2.05. The van der Waals surface area contributed by atoms with Gasteiger partial charge in [0, 0.05) is 21.3 Å². The Hall–Kier alpha value is -1.73. The fourth-order valence-electron chi connectivity index (χ4n) is 1.59. The first-order valence-electron chi connectivity index (χ1n) is 5.59. The van der Waals surface area contributed by atoms with Crippen LogP contribution < -0.4 is 5.32 Å². The summed E-state index contributed by atoms with van der Waals surface area (Å²) in [6.45, 7) is 0.792. The first-order chi connectivity index (χ1) is 9.31. The second kappa shape index (κ2) is 5.50. The van der Waals surface area contributed by atoms with Crippen molar-refractivity contribution >= 4 is 33.0 Å². The molecule has 96 valence electrons. The van der Waals surface area contributed by atoms with Gasteiger partial charge in [-0.1, -0.05) is 0 Å². The molecule has 0 fully saturated rings. The van der Waals surface area contributed by atoms with Gasteiger partial charge in [-0.05, 0) is 34.1 Å². The Labute approximate surface area is 122 Å². The maximum Gasteiger partial charge on any atom is 0.155 e. The van der Waals surface area contributed by atoms with E-state index < -0.39 is 0 Å². The van der Waals surface area contributed by atoms with E-state index in [4.69, 9.17) is 0 Å². The number of pyridine rings is 1. The summed E-state index contributed by atoms with van der Waals surface area (Å²) < 4.78 is 2.74. The number of hydrogen-bond donors (Lipinski definition) is 1. The van der Waals surface area contributed by atoms with Gasteiger partial charge in [-0.25, -0.2) is 14.6 Å². The molecule has 0 aromatic carbocycles. The number of halogens is 1. The number of hydrogen-bond acceptors (Lipinski definition) is 5. The molecular formula is C12H10BrN5S. The number of anilines is 1. The van der Waals surface area contributed by atoms with Gasteiger partial charge in [0.15, 0.2) is 5.82 Å². The highest BCUT2D eigenvalue weighted by molar-refractivity contribution is 9.10. The van der Waals surface area contributed by atoms with E-state index in [2.05, 4.69) is 47.8 Å². The van der Waals surface area contributed by atoms with Crippen LogP contribution in [-0.4, -0.2) is 19.7 Å². The third kappa shape index (κ3) is 2.99. The fraction of sp³-hybridized carbons (Fsp3) is 0.0833. The van der Waals surface area contributed by atoms with Crippen LogP contribution in [0.4, 0.5) is 5.69 Å². The zero-order valence-electron chi connectivity index (χ0n) is 9.82. The van der Waals surface area contributed by atoms with Crippen molar-refractivity contribution in [3.05, 3.63) is 51.8 Å². The quantitative estimate of drug-likeness (QED) is 0.795. The molecule has 0 saturated carbocycles. The van der Waals surface area contributed by atoms with Crippen LogP contribution in [-0.2, 0) is 6.54 Å². The largest absolute Gasteiger partial charge is 0.379 e. The van der Waals surface area contributed by atoms with Crippen LogP contribution in [0.25, 0.3) is 5.82 Å². The van der Waals surface area contributed by atoms with Gasteiger partial charge in [0.25, 0.3) is 0 Å². The molecule has 5 nitrogen and oxygen atoms in total. The van der Waals surface area contributed by atoms with Crippen molar-refractivity contribution in [3.8, 4) is 5.82 Å². The lowest BCUT2D eigenvalue weighted by Crippen LogP contribution is -2.01. The molecule has 7 heteroatoms. The second-order valence-electron chi connectivity index (χ2n) is 3.83. The molecular weight excluding hydrogens is 326 g/mol. The lowest BCUT2D eigenvalue weighted by molar-refractivity contribution is 0.845. The molecule has 0 bridgehead atoms. The second-order valence-corrected chi connectivity index (χ2v) is 5.74. The molecule has 3 aromatic heterocycles. The third-order valence-corrected chi connectivity index (χ3v) is 4.19. The SMILES string of the molecule is Brc1csc(CNc2ccc(-n3cncn3)nc2)c1. The van der Waals surface area contributed by atoms with E-state index in [0.717, 1.165) is 22.5 Å². The van der Waals surface area contributed by atoms with Crippen LogP contribution >= 0.6 is 27.3 Å². The summed E-state index contributed by atoms with van der Waals surface area (Å²) in [7, 11) is 0. The highest BCUT2D eigenvalue weighted by Crippen LogP contribution is 2.20. The summed E-state index contributed by atoms with van der Waals surface area (Å²) >= 11 is 5.16. The zero-order chi connectivity index (χ0) is 13.1. The highest BCUT2D eigenvalue weighted by atomic mass is 79.9. The summed E-state index contributed by atoms with van der Waals surface area (Å²) in [6.07, 6.45) is 4.90. The summed E-state index contributed by atoms with van der Waals surface area (Å²) in [5.74, 6) is 0.752. The predicted octanol–water partition coefficient (Wildman–Crippen LogP) is 3.10. The van der Waals surface area contributed by atoms with Crippen molar-refractivity contribution in [2.45, 2.75) is 6.54 Å². The molecule has 1 N–H and O–H groups in total. The molecule has 0 amide bonds. The number of thiophene rings is 1. The fourth-order valence-corrected chi connectivity index (χ4v) is 2.98. The Balaban J connectivity index is 1.66. The predicted molar refractivity (Wildman–Crippen MR) is 78.5 cm³/mol. The molecule has 0 aliphatic carbocycles. The van der Waals surface area contributed by atoms with Gasteiger partial charge >= 0.3 is 0 Å². The van der Waals surface area contributed by atoms with Crippen LogP contribution in [0.1, 0.15) is 4.88 Å². The van der Waals surface area contributed by atoms with E-state index in [1.807, 2.05) is 12.1 Å². The molecule has 3 aromatic rings. The minimum Gasteiger partial charge on any atom is -0.379 e. The molecule has 0 aliphatic heterocycles. The molecule has 3 heterocycles. The summed E-state index contributed by atoms with van der Waals surface area (Å²) in [6, 6.07) is 5.99. The van der Waals surface area contributed by atoms with Crippen molar-refractivity contribution in [3.63, 3.8) is 0 Å². The van der Waals surface area contributed by atoms with Crippen molar-refractivity contribution in [2.75, 3.05) is 5.32 Å². The van der Waals surface area contributed by atoms with Gasteiger partial charge in [-0.2, -0.15) is 5.10 Å². The summed E-state index contributed by atoms with van der Waals surface area (Å²) in [4.78, 5) is 9.49. The van der Waals surface area contributed by atoms with Gasteiger partial charge in [-0.3, -0.25) is 0 Å². The van der Waals surface area contributed by atoms with E-state index in [1.165, 1.54) is 11.2 Å². The minimum absolute atomic E-state index is 0.752. The molecule has 3 rings (SSSR count). The molecule has 0 spiro atoms. The molecule has 0 saturated heterocycles. The van der Waals surface area contributed by atoms with Crippen LogP contribution in [0.3, 0.4) is 0 Å². The number of nitrogens with zero attached hydrogens (tertiary/aromatic N) is 4. The monoisotopic (exact) mass is 335 g/mol. The van der Waals surface area contributed by atoms with Gasteiger partial charge in [0.05, 0.1) is 11.9 Å². The van der Waals surface area contributed by atoms with E-state index in [-0.39, 0.29) is 0 Å². The van der Waals surface area contributed by atoms with Gasteiger partial charge in [0.1, 0.15) is 12.7 Å². The van der Waals surface area contributed by atoms with Crippen molar-refractivity contribution in [1.29, 1.82) is 0 Å². The maximum absolute atomic E-state index is 4.33. The normalized spacial score (nSPS) is 10.6. The molecule has 0 unspecified atom stereocenters. The van der Waals surface area contributed by atoms with E-state index in [9.17, 15) is 0 Å². The Morgan fingerprint density at radius 3 is 2.95 bits per heavy atom. The summed E-state index contributed by atoms with van der Waals surface area (Å²) in [5.41, 5.74) is 0.980. The molecule has 19 heavy (non-hydrogen) atoms. The Morgan fingerprint density at radius 2 is 2.32 bits per heavy atom. The van der Waals surface area contributed by atoms with Crippen molar-refractivity contribution in [2.24, 2.45) is 0 Å². The van der Waals surface area contributed by atoms with Crippen LogP contribution in [0.5, 0.6) is 0 Å².